The Labute approximate surface area is 77.6 Å². The predicted molar refractivity (Wildman–Crippen MR) is 48.1 cm³/mol. The van der Waals surface area contributed by atoms with Crippen molar-refractivity contribution in [3.63, 3.8) is 0 Å². The molecule has 0 spiro atoms. The maximum absolute atomic E-state index is 10.4. The summed E-state index contributed by atoms with van der Waals surface area (Å²) >= 11 is 0. The van der Waals surface area contributed by atoms with Crippen molar-refractivity contribution >= 4 is 0 Å². The maximum Gasteiger partial charge on any atom is 0.135 e. The summed E-state index contributed by atoms with van der Waals surface area (Å²) in [6.45, 7) is 0. The first-order chi connectivity index (χ1) is 6.31. The molecule has 1 aromatic rings. The Kier molecular flexibility index (Phi) is 1.40. The highest BCUT2D eigenvalue weighted by Gasteiger charge is 2.56. The number of furan rings is 1. The summed E-state index contributed by atoms with van der Waals surface area (Å²) in [5.41, 5.74) is -0.633. The molecule has 70 valence electrons. The summed E-state index contributed by atoms with van der Waals surface area (Å²) < 4.78 is 5.32. The molecule has 2 heteroatoms. The van der Waals surface area contributed by atoms with Crippen molar-refractivity contribution in [3.05, 3.63) is 24.2 Å². The van der Waals surface area contributed by atoms with Crippen molar-refractivity contribution in [3.8, 4) is 0 Å². The van der Waals surface area contributed by atoms with Crippen molar-refractivity contribution in [1.29, 1.82) is 0 Å². The highest BCUT2D eigenvalue weighted by Crippen LogP contribution is 2.58. The van der Waals surface area contributed by atoms with Gasteiger partial charge in [-0.1, -0.05) is 0 Å². The Balaban J connectivity index is 1.95. The summed E-state index contributed by atoms with van der Waals surface area (Å²) in [5, 5.41) is 10.4. The molecule has 3 unspecified atom stereocenters. The van der Waals surface area contributed by atoms with E-state index in [9.17, 15) is 5.11 Å². The van der Waals surface area contributed by atoms with Gasteiger partial charge in [0, 0.05) is 0 Å². The van der Waals surface area contributed by atoms with Crippen LogP contribution in [0.4, 0.5) is 0 Å². The van der Waals surface area contributed by atoms with E-state index in [0.29, 0.717) is 5.92 Å². The number of rotatable bonds is 1. The lowest BCUT2D eigenvalue weighted by Crippen LogP contribution is -2.31. The second-order valence-corrected chi connectivity index (χ2v) is 4.40. The zero-order chi connectivity index (χ0) is 8.89. The normalized spacial score (nSPS) is 42.8. The van der Waals surface area contributed by atoms with Gasteiger partial charge in [0.15, 0.2) is 0 Å². The predicted octanol–water partition coefficient (Wildman–Crippen LogP) is 2.29. The molecule has 2 aliphatic rings. The second-order valence-electron chi connectivity index (χ2n) is 4.40. The van der Waals surface area contributed by atoms with Crippen LogP contribution in [0.2, 0.25) is 0 Å². The molecule has 13 heavy (non-hydrogen) atoms. The van der Waals surface area contributed by atoms with Gasteiger partial charge in [-0.3, -0.25) is 0 Å². The van der Waals surface area contributed by atoms with Crippen LogP contribution in [0.1, 0.15) is 31.4 Å². The minimum Gasteiger partial charge on any atom is -0.466 e. The third kappa shape index (κ3) is 0.983. The van der Waals surface area contributed by atoms with Gasteiger partial charge in [0.1, 0.15) is 11.4 Å². The molecule has 1 heterocycles. The van der Waals surface area contributed by atoms with E-state index >= 15 is 0 Å². The molecule has 1 N–H and O–H groups in total. The minimum atomic E-state index is -0.633. The first kappa shape index (κ1) is 7.63. The average Bonchev–Trinajstić information content (AvgIpc) is 2.74. The standard InChI is InChI=1S/C11H14O2/c12-11(10-4-2-6-13-10)5-1-3-8-7-9(8)11/h2,4,6,8-9,12H,1,3,5,7H2. The molecule has 2 aliphatic carbocycles. The van der Waals surface area contributed by atoms with Gasteiger partial charge in [0.05, 0.1) is 6.26 Å². The van der Waals surface area contributed by atoms with Crippen molar-refractivity contribution in [1.82, 2.24) is 0 Å². The fourth-order valence-corrected chi connectivity index (χ4v) is 2.80. The second kappa shape index (κ2) is 2.38. The van der Waals surface area contributed by atoms with E-state index in [1.54, 1.807) is 6.26 Å². The van der Waals surface area contributed by atoms with Crippen molar-refractivity contribution in [2.24, 2.45) is 11.8 Å². The van der Waals surface area contributed by atoms with Crippen molar-refractivity contribution < 1.29 is 9.52 Å². The van der Waals surface area contributed by atoms with Crippen molar-refractivity contribution in [2.75, 3.05) is 0 Å². The smallest absolute Gasteiger partial charge is 0.135 e. The van der Waals surface area contributed by atoms with Gasteiger partial charge in [0.25, 0.3) is 0 Å². The molecule has 0 aliphatic heterocycles. The third-order valence-corrected chi connectivity index (χ3v) is 3.62. The quantitative estimate of drug-likeness (QED) is 0.715. The molecule has 2 fully saturated rings. The van der Waals surface area contributed by atoms with Crippen LogP contribution in [0.15, 0.2) is 22.8 Å². The number of hydrogen-bond acceptors (Lipinski definition) is 2. The Morgan fingerprint density at radius 1 is 1.54 bits per heavy atom. The summed E-state index contributed by atoms with van der Waals surface area (Å²) in [6.07, 6.45) is 6.16. The Morgan fingerprint density at radius 3 is 3.23 bits per heavy atom. The van der Waals surface area contributed by atoms with Gasteiger partial charge in [-0.15, -0.1) is 0 Å². The molecular weight excluding hydrogens is 164 g/mol. The van der Waals surface area contributed by atoms with Gasteiger partial charge < -0.3 is 9.52 Å². The molecule has 1 aromatic heterocycles. The zero-order valence-electron chi connectivity index (χ0n) is 7.57. The topological polar surface area (TPSA) is 33.4 Å². The lowest BCUT2D eigenvalue weighted by atomic mass is 9.83. The molecule has 0 bridgehead atoms. The van der Waals surface area contributed by atoms with E-state index in [1.807, 2.05) is 12.1 Å². The van der Waals surface area contributed by atoms with Gasteiger partial charge in [-0.05, 0) is 49.7 Å². The lowest BCUT2D eigenvalue weighted by Gasteiger charge is -2.29. The molecule has 3 rings (SSSR count). The summed E-state index contributed by atoms with van der Waals surface area (Å²) in [7, 11) is 0. The first-order valence-electron chi connectivity index (χ1n) is 5.07. The van der Waals surface area contributed by atoms with Crippen molar-refractivity contribution in [2.45, 2.75) is 31.3 Å². The zero-order valence-corrected chi connectivity index (χ0v) is 7.57. The van der Waals surface area contributed by atoms with E-state index in [0.717, 1.165) is 24.5 Å². The van der Waals surface area contributed by atoms with Crippen LogP contribution in [0.25, 0.3) is 0 Å². The highest BCUT2D eigenvalue weighted by molar-refractivity contribution is 5.17. The summed E-state index contributed by atoms with van der Waals surface area (Å²) in [6, 6.07) is 3.76. The number of hydrogen-bond donors (Lipinski definition) is 1. The van der Waals surface area contributed by atoms with Crippen LogP contribution in [-0.4, -0.2) is 5.11 Å². The van der Waals surface area contributed by atoms with E-state index in [4.69, 9.17) is 4.42 Å². The monoisotopic (exact) mass is 178 g/mol. The average molecular weight is 178 g/mol. The van der Waals surface area contributed by atoms with Gasteiger partial charge in [-0.2, -0.15) is 0 Å². The largest absolute Gasteiger partial charge is 0.466 e. The van der Waals surface area contributed by atoms with Crippen LogP contribution in [0.5, 0.6) is 0 Å². The molecule has 0 amide bonds. The van der Waals surface area contributed by atoms with Crippen LogP contribution in [-0.2, 0) is 5.60 Å². The van der Waals surface area contributed by atoms with Crippen LogP contribution in [0.3, 0.4) is 0 Å². The molecule has 3 atom stereocenters. The summed E-state index contributed by atoms with van der Waals surface area (Å²) in [4.78, 5) is 0. The van der Waals surface area contributed by atoms with Crippen LogP contribution in [0, 0.1) is 11.8 Å². The Bertz CT molecular complexity index is 304. The number of aliphatic hydroxyl groups is 1. The number of fused-ring (bicyclic) bond motifs is 1. The van der Waals surface area contributed by atoms with Gasteiger partial charge >= 0.3 is 0 Å². The molecular formula is C11H14O2. The van der Waals surface area contributed by atoms with Gasteiger partial charge in [-0.25, -0.2) is 0 Å². The molecule has 2 saturated carbocycles. The molecule has 2 nitrogen and oxygen atoms in total. The van der Waals surface area contributed by atoms with E-state index in [2.05, 4.69) is 0 Å². The van der Waals surface area contributed by atoms with Gasteiger partial charge in [0.2, 0.25) is 0 Å². The van der Waals surface area contributed by atoms with E-state index < -0.39 is 5.60 Å². The molecule has 0 saturated heterocycles. The van der Waals surface area contributed by atoms with E-state index in [1.165, 1.54) is 12.8 Å². The fraction of sp³-hybridized carbons (Fsp3) is 0.636. The van der Waals surface area contributed by atoms with E-state index in [-0.39, 0.29) is 0 Å². The van der Waals surface area contributed by atoms with Crippen LogP contribution < -0.4 is 0 Å². The Morgan fingerprint density at radius 2 is 2.46 bits per heavy atom. The molecule has 0 aromatic carbocycles. The highest BCUT2D eigenvalue weighted by atomic mass is 16.4. The SMILES string of the molecule is OC1(c2ccco2)CCCC2CC21. The summed E-state index contributed by atoms with van der Waals surface area (Å²) in [5.74, 6) is 2.02. The molecule has 0 radical (unpaired) electrons. The minimum absolute atomic E-state index is 0.479. The maximum atomic E-state index is 10.4. The van der Waals surface area contributed by atoms with Crippen LogP contribution >= 0.6 is 0 Å². The Hall–Kier alpha value is -0.760. The first-order valence-corrected chi connectivity index (χ1v) is 5.07. The lowest BCUT2D eigenvalue weighted by molar-refractivity contribution is -0.0346. The third-order valence-electron chi connectivity index (χ3n) is 3.62. The fourth-order valence-electron chi connectivity index (χ4n) is 2.80.